The predicted molar refractivity (Wildman–Crippen MR) is 101 cm³/mol. The second-order valence-corrected chi connectivity index (χ2v) is 9.18. The smallest absolute Gasteiger partial charge is 0.261 e. The van der Waals surface area contributed by atoms with Crippen LogP contribution in [-0.2, 0) is 26.3 Å². The summed E-state index contributed by atoms with van der Waals surface area (Å²) in [5, 5.41) is 3.09. The Kier molecular flexibility index (Phi) is 4.49. The lowest BCUT2D eigenvalue weighted by atomic mass is 9.85. The van der Waals surface area contributed by atoms with E-state index >= 15 is 0 Å². The number of likely N-dealkylation sites (tertiary alicyclic amines) is 1. The number of carbonyl (C=O) groups is 2. The number of nitrogens with one attached hydrogen (secondary N) is 1. The number of nitrogens with zero attached hydrogens (tertiary/aromatic N) is 1. The highest BCUT2D eigenvalue weighted by atomic mass is 32.1. The summed E-state index contributed by atoms with van der Waals surface area (Å²) in [7, 11) is 0. The van der Waals surface area contributed by atoms with Gasteiger partial charge in [0.05, 0.1) is 11.5 Å². The number of ether oxygens (including phenoxy) is 2. The number of hydrogen-bond donors (Lipinski definition) is 1. The van der Waals surface area contributed by atoms with Gasteiger partial charge in [-0.2, -0.15) is 0 Å². The maximum Gasteiger partial charge on any atom is 0.261 e. The van der Waals surface area contributed by atoms with Gasteiger partial charge in [-0.25, -0.2) is 0 Å². The van der Waals surface area contributed by atoms with Gasteiger partial charge in [0.1, 0.15) is 11.7 Å². The molecule has 1 aromatic heterocycles. The quantitative estimate of drug-likeness (QED) is 0.859. The lowest BCUT2D eigenvalue weighted by Gasteiger charge is -2.44. The van der Waals surface area contributed by atoms with Crippen LogP contribution in [0.2, 0.25) is 0 Å². The minimum Gasteiger partial charge on any atom is -0.369 e. The van der Waals surface area contributed by atoms with Crippen LogP contribution in [0.5, 0.6) is 0 Å². The van der Waals surface area contributed by atoms with E-state index < -0.39 is 0 Å². The number of thiophene rings is 1. The molecular formula is C20H26N2O4S. The Hall–Kier alpha value is -1.44. The van der Waals surface area contributed by atoms with Crippen molar-refractivity contribution in [1.82, 2.24) is 10.2 Å². The molecule has 27 heavy (non-hydrogen) atoms. The number of amides is 2. The molecule has 3 aliphatic heterocycles. The van der Waals surface area contributed by atoms with E-state index in [-0.39, 0.29) is 23.5 Å². The van der Waals surface area contributed by atoms with E-state index in [1.165, 1.54) is 10.4 Å². The number of piperidine rings is 1. The van der Waals surface area contributed by atoms with Crippen LogP contribution in [0.3, 0.4) is 0 Å². The topological polar surface area (TPSA) is 67.9 Å². The molecule has 3 fully saturated rings. The Morgan fingerprint density at radius 2 is 2.00 bits per heavy atom. The van der Waals surface area contributed by atoms with Crippen LogP contribution in [0.1, 0.15) is 58.6 Å². The first-order chi connectivity index (χ1) is 13.1. The zero-order valence-electron chi connectivity index (χ0n) is 15.5. The van der Waals surface area contributed by atoms with Gasteiger partial charge in [0.15, 0.2) is 0 Å². The SMILES string of the molecule is O=C(NC1CC1)c1cc2c(s1)C1(CCN(C(=O)C3CCCO3)CC1)OCC2. The molecule has 5 rings (SSSR count). The van der Waals surface area contributed by atoms with Crippen molar-refractivity contribution in [3.8, 4) is 0 Å². The van der Waals surface area contributed by atoms with Crippen LogP contribution in [0.4, 0.5) is 0 Å². The molecule has 1 aromatic rings. The molecule has 2 amide bonds. The van der Waals surface area contributed by atoms with Crippen molar-refractivity contribution < 1.29 is 19.1 Å². The lowest BCUT2D eigenvalue weighted by molar-refractivity contribution is -0.149. The summed E-state index contributed by atoms with van der Waals surface area (Å²) in [4.78, 5) is 29.0. The Balaban J connectivity index is 1.31. The van der Waals surface area contributed by atoms with Gasteiger partial charge in [0, 0.05) is 30.6 Å². The molecule has 4 heterocycles. The summed E-state index contributed by atoms with van der Waals surface area (Å²) in [6.07, 6.45) is 6.21. The minimum absolute atomic E-state index is 0.0537. The van der Waals surface area contributed by atoms with Crippen molar-refractivity contribution in [3.05, 3.63) is 21.4 Å². The fourth-order valence-corrected chi connectivity index (χ4v) is 5.77. The van der Waals surface area contributed by atoms with Crippen molar-refractivity contribution in [1.29, 1.82) is 0 Å². The molecule has 2 saturated heterocycles. The van der Waals surface area contributed by atoms with Crippen molar-refractivity contribution in [3.63, 3.8) is 0 Å². The second-order valence-electron chi connectivity index (χ2n) is 8.13. The zero-order valence-corrected chi connectivity index (χ0v) is 16.3. The van der Waals surface area contributed by atoms with E-state index in [9.17, 15) is 9.59 Å². The second kappa shape index (κ2) is 6.87. The van der Waals surface area contributed by atoms with Gasteiger partial charge in [0.25, 0.3) is 11.8 Å². The summed E-state index contributed by atoms with van der Waals surface area (Å²) >= 11 is 1.59. The molecule has 7 heteroatoms. The number of rotatable bonds is 3. The lowest BCUT2D eigenvalue weighted by Crippen LogP contribution is -2.50. The summed E-state index contributed by atoms with van der Waals surface area (Å²) in [6, 6.07) is 2.43. The van der Waals surface area contributed by atoms with Crippen LogP contribution in [0.25, 0.3) is 0 Å². The molecule has 1 aliphatic carbocycles. The highest BCUT2D eigenvalue weighted by Crippen LogP contribution is 2.45. The summed E-state index contributed by atoms with van der Waals surface area (Å²) in [5.74, 6) is 0.187. The van der Waals surface area contributed by atoms with Crippen LogP contribution >= 0.6 is 11.3 Å². The molecule has 1 saturated carbocycles. The van der Waals surface area contributed by atoms with Gasteiger partial charge < -0.3 is 19.7 Å². The van der Waals surface area contributed by atoms with E-state index in [2.05, 4.69) is 11.4 Å². The Morgan fingerprint density at radius 3 is 2.70 bits per heavy atom. The Labute approximate surface area is 163 Å². The van der Waals surface area contributed by atoms with Gasteiger partial charge in [0.2, 0.25) is 0 Å². The average molecular weight is 391 g/mol. The van der Waals surface area contributed by atoms with Crippen molar-refractivity contribution >= 4 is 23.2 Å². The molecule has 4 aliphatic rings. The van der Waals surface area contributed by atoms with Crippen LogP contribution in [0.15, 0.2) is 6.07 Å². The normalized spacial score (nSPS) is 26.8. The molecule has 1 spiro atoms. The number of hydrogen-bond acceptors (Lipinski definition) is 5. The average Bonchev–Trinajstić information content (AvgIpc) is 3.16. The zero-order chi connectivity index (χ0) is 18.4. The first kappa shape index (κ1) is 17.6. The van der Waals surface area contributed by atoms with Crippen LogP contribution in [-0.4, -0.2) is 55.2 Å². The first-order valence-corrected chi connectivity index (χ1v) is 10.9. The largest absolute Gasteiger partial charge is 0.369 e. The Morgan fingerprint density at radius 1 is 1.19 bits per heavy atom. The maximum atomic E-state index is 12.6. The molecule has 0 bridgehead atoms. The summed E-state index contributed by atoms with van der Waals surface area (Å²) < 4.78 is 11.8. The summed E-state index contributed by atoms with van der Waals surface area (Å²) in [6.45, 7) is 2.77. The molecule has 1 unspecified atom stereocenters. The summed E-state index contributed by atoms with van der Waals surface area (Å²) in [5.41, 5.74) is 0.926. The molecule has 6 nitrogen and oxygen atoms in total. The van der Waals surface area contributed by atoms with Gasteiger partial charge in [-0.1, -0.05) is 0 Å². The van der Waals surface area contributed by atoms with E-state index in [0.717, 1.165) is 49.8 Å². The minimum atomic E-state index is -0.330. The highest BCUT2D eigenvalue weighted by molar-refractivity contribution is 7.14. The van der Waals surface area contributed by atoms with Crippen molar-refractivity contribution in [2.24, 2.45) is 0 Å². The predicted octanol–water partition coefficient (Wildman–Crippen LogP) is 2.21. The maximum absolute atomic E-state index is 12.6. The highest BCUT2D eigenvalue weighted by Gasteiger charge is 2.44. The van der Waals surface area contributed by atoms with Gasteiger partial charge in [-0.3, -0.25) is 9.59 Å². The van der Waals surface area contributed by atoms with E-state index in [0.29, 0.717) is 32.3 Å². The van der Waals surface area contributed by atoms with Gasteiger partial charge in [-0.05, 0) is 56.6 Å². The molecule has 0 radical (unpaired) electrons. The fourth-order valence-electron chi connectivity index (χ4n) is 4.45. The first-order valence-electron chi connectivity index (χ1n) is 10.1. The molecule has 146 valence electrons. The number of carbonyl (C=O) groups excluding carboxylic acids is 2. The van der Waals surface area contributed by atoms with Crippen molar-refractivity contribution in [2.75, 3.05) is 26.3 Å². The molecule has 1 atom stereocenters. The molecule has 0 aromatic carbocycles. The standard InChI is InChI=1S/C20H26N2O4S/c23-18(21-14-3-4-14)16-12-13-5-11-26-20(17(13)27-16)6-8-22(9-7-20)19(24)15-2-1-10-25-15/h12,14-15H,1-11H2,(H,21,23). The third kappa shape index (κ3) is 3.30. The third-order valence-corrected chi connectivity index (χ3v) is 7.56. The van der Waals surface area contributed by atoms with Gasteiger partial charge in [-0.15, -0.1) is 11.3 Å². The molecule has 1 N–H and O–H groups in total. The number of fused-ring (bicyclic) bond motifs is 2. The van der Waals surface area contributed by atoms with Crippen LogP contribution in [0, 0.1) is 0 Å². The van der Waals surface area contributed by atoms with Gasteiger partial charge >= 0.3 is 0 Å². The van der Waals surface area contributed by atoms with E-state index in [1.54, 1.807) is 11.3 Å². The fraction of sp³-hybridized carbons (Fsp3) is 0.700. The Bertz CT molecular complexity index is 743. The van der Waals surface area contributed by atoms with Crippen LogP contribution < -0.4 is 5.32 Å². The molecular weight excluding hydrogens is 364 g/mol. The van der Waals surface area contributed by atoms with Crippen molar-refractivity contribution in [2.45, 2.75) is 62.7 Å². The third-order valence-electron chi connectivity index (χ3n) is 6.20. The van der Waals surface area contributed by atoms with E-state index in [4.69, 9.17) is 9.47 Å². The monoisotopic (exact) mass is 390 g/mol. The van der Waals surface area contributed by atoms with E-state index in [1.807, 2.05) is 4.90 Å².